The third-order valence-electron chi connectivity index (χ3n) is 4.71. The SMILES string of the molecule is CCOc1cccc(C(NC)C2(OC)CCCC(C)C2)c1. The zero-order valence-corrected chi connectivity index (χ0v) is 13.8. The van der Waals surface area contributed by atoms with Crippen molar-refractivity contribution in [1.82, 2.24) is 5.32 Å². The molecule has 21 heavy (non-hydrogen) atoms. The molecule has 1 aromatic carbocycles. The van der Waals surface area contributed by atoms with E-state index in [1.807, 2.05) is 27.1 Å². The normalized spacial score (nSPS) is 27.3. The second kappa shape index (κ2) is 7.28. The number of methoxy groups -OCH3 is 1. The number of nitrogens with one attached hydrogen (secondary N) is 1. The zero-order chi connectivity index (χ0) is 15.3. The van der Waals surface area contributed by atoms with Gasteiger partial charge in [-0.1, -0.05) is 31.9 Å². The first kappa shape index (κ1) is 16.3. The average Bonchev–Trinajstić information content (AvgIpc) is 2.49. The third-order valence-corrected chi connectivity index (χ3v) is 4.71. The van der Waals surface area contributed by atoms with Crippen LogP contribution in [0, 0.1) is 5.92 Å². The van der Waals surface area contributed by atoms with Crippen LogP contribution in [0.4, 0.5) is 0 Å². The maximum absolute atomic E-state index is 6.05. The number of hydrogen-bond acceptors (Lipinski definition) is 3. The lowest BCUT2D eigenvalue weighted by Gasteiger charge is -2.44. The van der Waals surface area contributed by atoms with Crippen LogP contribution < -0.4 is 10.1 Å². The van der Waals surface area contributed by atoms with Gasteiger partial charge in [0.15, 0.2) is 0 Å². The Kier molecular flexibility index (Phi) is 5.65. The summed E-state index contributed by atoms with van der Waals surface area (Å²) in [6.07, 6.45) is 4.75. The molecular weight excluding hydrogens is 262 g/mol. The Bertz CT molecular complexity index is 449. The van der Waals surface area contributed by atoms with Crippen LogP contribution in [0.1, 0.15) is 51.1 Å². The summed E-state index contributed by atoms with van der Waals surface area (Å²) in [6.45, 7) is 5.04. The number of hydrogen-bond donors (Lipinski definition) is 1. The fourth-order valence-corrected chi connectivity index (χ4v) is 3.79. The van der Waals surface area contributed by atoms with Gasteiger partial charge in [0.2, 0.25) is 0 Å². The second-order valence-corrected chi connectivity index (χ2v) is 6.20. The molecule has 0 aromatic heterocycles. The maximum atomic E-state index is 6.05. The van der Waals surface area contributed by atoms with Gasteiger partial charge in [-0.3, -0.25) is 0 Å². The summed E-state index contributed by atoms with van der Waals surface area (Å²) >= 11 is 0. The average molecular weight is 291 g/mol. The molecule has 3 unspecified atom stereocenters. The first-order valence-corrected chi connectivity index (χ1v) is 8.10. The second-order valence-electron chi connectivity index (χ2n) is 6.20. The van der Waals surface area contributed by atoms with E-state index in [4.69, 9.17) is 9.47 Å². The van der Waals surface area contributed by atoms with Gasteiger partial charge in [0, 0.05) is 7.11 Å². The Morgan fingerprint density at radius 1 is 1.43 bits per heavy atom. The van der Waals surface area contributed by atoms with E-state index in [0.29, 0.717) is 12.5 Å². The van der Waals surface area contributed by atoms with Gasteiger partial charge < -0.3 is 14.8 Å². The highest BCUT2D eigenvalue weighted by Crippen LogP contribution is 2.43. The molecule has 0 aliphatic heterocycles. The topological polar surface area (TPSA) is 30.5 Å². The number of rotatable bonds is 6. The van der Waals surface area contributed by atoms with E-state index >= 15 is 0 Å². The molecule has 3 atom stereocenters. The van der Waals surface area contributed by atoms with E-state index in [0.717, 1.165) is 18.6 Å². The summed E-state index contributed by atoms with van der Waals surface area (Å²) in [5.41, 5.74) is 1.14. The van der Waals surface area contributed by atoms with E-state index in [2.05, 4.69) is 30.4 Å². The molecule has 1 fully saturated rings. The summed E-state index contributed by atoms with van der Waals surface area (Å²) in [5, 5.41) is 3.49. The standard InChI is InChI=1S/C18H29NO2/c1-5-21-16-10-6-9-15(12-16)17(19-3)18(20-4)11-7-8-14(2)13-18/h6,9-10,12,14,17,19H,5,7-8,11,13H2,1-4H3. The van der Waals surface area contributed by atoms with Gasteiger partial charge in [-0.25, -0.2) is 0 Å². The molecule has 0 bridgehead atoms. The molecule has 2 rings (SSSR count). The largest absolute Gasteiger partial charge is 0.494 e. The van der Waals surface area contributed by atoms with Crippen molar-refractivity contribution >= 4 is 0 Å². The first-order chi connectivity index (χ1) is 10.1. The van der Waals surface area contributed by atoms with Crippen LogP contribution in [0.15, 0.2) is 24.3 Å². The quantitative estimate of drug-likeness (QED) is 0.861. The van der Waals surface area contributed by atoms with E-state index in [-0.39, 0.29) is 11.6 Å². The molecule has 0 amide bonds. The Hall–Kier alpha value is -1.06. The van der Waals surface area contributed by atoms with Crippen molar-refractivity contribution in [3.63, 3.8) is 0 Å². The number of likely N-dealkylation sites (N-methyl/N-ethyl adjacent to an activating group) is 1. The lowest BCUT2D eigenvalue weighted by atomic mass is 9.72. The van der Waals surface area contributed by atoms with Gasteiger partial charge in [-0.2, -0.15) is 0 Å². The summed E-state index contributed by atoms with van der Waals surface area (Å²) in [6, 6.07) is 8.60. The van der Waals surface area contributed by atoms with Gasteiger partial charge in [0.05, 0.1) is 18.2 Å². The highest BCUT2D eigenvalue weighted by atomic mass is 16.5. The van der Waals surface area contributed by atoms with Gasteiger partial charge in [0.25, 0.3) is 0 Å². The van der Waals surface area contributed by atoms with Crippen molar-refractivity contribution in [3.8, 4) is 5.75 Å². The predicted molar refractivity (Wildman–Crippen MR) is 86.8 cm³/mol. The van der Waals surface area contributed by atoms with Crippen LogP contribution in [0.2, 0.25) is 0 Å². The Morgan fingerprint density at radius 2 is 2.24 bits per heavy atom. The van der Waals surface area contributed by atoms with Crippen LogP contribution >= 0.6 is 0 Å². The van der Waals surface area contributed by atoms with E-state index < -0.39 is 0 Å². The molecule has 1 aliphatic rings. The van der Waals surface area contributed by atoms with Crippen LogP contribution in [0.3, 0.4) is 0 Å². The van der Waals surface area contributed by atoms with Crippen molar-refractivity contribution < 1.29 is 9.47 Å². The summed E-state index contributed by atoms with van der Waals surface area (Å²) < 4.78 is 11.7. The Balaban J connectivity index is 2.30. The molecule has 3 heteroatoms. The fourth-order valence-electron chi connectivity index (χ4n) is 3.79. The highest BCUT2D eigenvalue weighted by molar-refractivity contribution is 5.32. The van der Waals surface area contributed by atoms with Crippen LogP contribution in [-0.2, 0) is 4.74 Å². The molecule has 3 nitrogen and oxygen atoms in total. The monoisotopic (exact) mass is 291 g/mol. The molecule has 1 saturated carbocycles. The minimum Gasteiger partial charge on any atom is -0.494 e. The lowest BCUT2D eigenvalue weighted by molar-refractivity contribution is -0.0790. The molecule has 0 heterocycles. The van der Waals surface area contributed by atoms with Crippen LogP contribution in [0.25, 0.3) is 0 Å². The molecular formula is C18H29NO2. The lowest BCUT2D eigenvalue weighted by Crippen LogP contribution is -2.47. The van der Waals surface area contributed by atoms with Gasteiger partial charge in [0.1, 0.15) is 5.75 Å². The predicted octanol–water partition coefficient (Wildman–Crippen LogP) is 3.94. The van der Waals surface area contributed by atoms with Crippen LogP contribution in [0.5, 0.6) is 5.75 Å². The van der Waals surface area contributed by atoms with Gasteiger partial charge in [-0.15, -0.1) is 0 Å². The Morgan fingerprint density at radius 3 is 2.86 bits per heavy atom. The first-order valence-electron chi connectivity index (χ1n) is 8.10. The summed E-state index contributed by atoms with van der Waals surface area (Å²) in [7, 11) is 3.88. The summed E-state index contributed by atoms with van der Waals surface area (Å²) in [5.74, 6) is 1.65. The van der Waals surface area contributed by atoms with Gasteiger partial charge in [-0.05, 0) is 50.4 Å². The smallest absolute Gasteiger partial charge is 0.119 e. The van der Waals surface area contributed by atoms with Gasteiger partial charge >= 0.3 is 0 Å². The minimum absolute atomic E-state index is 0.114. The highest BCUT2D eigenvalue weighted by Gasteiger charge is 2.42. The van der Waals surface area contributed by atoms with Crippen molar-refractivity contribution in [1.29, 1.82) is 0 Å². The van der Waals surface area contributed by atoms with E-state index in [1.54, 1.807) is 0 Å². The fraction of sp³-hybridized carbons (Fsp3) is 0.667. The molecule has 0 saturated heterocycles. The molecule has 0 spiro atoms. The molecule has 118 valence electrons. The van der Waals surface area contributed by atoms with Crippen molar-refractivity contribution in [2.45, 2.75) is 51.2 Å². The van der Waals surface area contributed by atoms with E-state index in [1.165, 1.54) is 18.4 Å². The number of ether oxygens (including phenoxy) is 2. The van der Waals surface area contributed by atoms with Crippen molar-refractivity contribution in [3.05, 3.63) is 29.8 Å². The van der Waals surface area contributed by atoms with E-state index in [9.17, 15) is 0 Å². The molecule has 1 aromatic rings. The molecule has 1 aliphatic carbocycles. The zero-order valence-electron chi connectivity index (χ0n) is 13.8. The number of benzene rings is 1. The van der Waals surface area contributed by atoms with Crippen molar-refractivity contribution in [2.75, 3.05) is 20.8 Å². The minimum atomic E-state index is -0.114. The van der Waals surface area contributed by atoms with Crippen LogP contribution in [-0.4, -0.2) is 26.4 Å². The van der Waals surface area contributed by atoms with Crippen molar-refractivity contribution in [2.24, 2.45) is 5.92 Å². The maximum Gasteiger partial charge on any atom is 0.119 e. The summed E-state index contributed by atoms with van der Waals surface area (Å²) in [4.78, 5) is 0. The third kappa shape index (κ3) is 3.58. The molecule has 1 N–H and O–H groups in total. The molecule has 0 radical (unpaired) electrons. The Labute approximate surface area is 129 Å².